The second kappa shape index (κ2) is 7.28. The lowest BCUT2D eigenvalue weighted by atomic mass is 9.42. The minimum absolute atomic E-state index is 0.0385. The topological polar surface area (TPSA) is 94.8 Å². The molecule has 0 radical (unpaired) electrons. The molecule has 7 nitrogen and oxygen atoms in total. The minimum atomic E-state index is -0.985. The van der Waals surface area contributed by atoms with Crippen LogP contribution in [0.1, 0.15) is 44.3 Å². The van der Waals surface area contributed by atoms with Crippen molar-refractivity contribution < 1.29 is 28.3 Å². The van der Waals surface area contributed by atoms with Crippen LogP contribution in [0.5, 0.6) is 0 Å². The zero-order valence-corrected chi connectivity index (χ0v) is 17.5. The van der Waals surface area contributed by atoms with Crippen LogP contribution in [0.3, 0.4) is 0 Å². The number of ether oxygens (including phenoxy) is 2. The van der Waals surface area contributed by atoms with Crippen LogP contribution >= 0.6 is 0 Å². The van der Waals surface area contributed by atoms with Gasteiger partial charge in [-0.2, -0.15) is 0 Å². The molecule has 7 atom stereocenters. The summed E-state index contributed by atoms with van der Waals surface area (Å²) in [5, 5.41) is 3.04. The van der Waals surface area contributed by atoms with Gasteiger partial charge in [0.1, 0.15) is 6.10 Å². The summed E-state index contributed by atoms with van der Waals surface area (Å²) in [6.07, 6.45) is 10.2. The number of hydrogen-bond acceptors (Lipinski definition) is 7. The summed E-state index contributed by atoms with van der Waals surface area (Å²) in [6, 6.07) is 1.23. The zero-order chi connectivity index (χ0) is 21.7. The molecular formula is C23H27NO6. The molecule has 1 saturated heterocycles. The molecule has 3 fully saturated rings. The van der Waals surface area contributed by atoms with Crippen molar-refractivity contribution in [3.8, 4) is 12.3 Å². The molecule has 2 saturated carbocycles. The molecule has 2 aliphatic carbocycles. The van der Waals surface area contributed by atoms with E-state index in [4.69, 9.17) is 20.3 Å². The van der Waals surface area contributed by atoms with Gasteiger partial charge >= 0.3 is 11.9 Å². The van der Waals surface area contributed by atoms with E-state index in [1.165, 1.54) is 13.4 Å². The van der Waals surface area contributed by atoms with Crippen molar-refractivity contribution in [2.75, 3.05) is 14.2 Å². The Balaban J connectivity index is 1.84. The molecule has 0 aromatic carbocycles. The molecule has 2 heterocycles. The third kappa shape index (κ3) is 2.73. The van der Waals surface area contributed by atoms with Crippen molar-refractivity contribution >= 4 is 17.7 Å². The molecule has 1 aromatic rings. The minimum Gasteiger partial charge on any atom is -0.472 e. The van der Waals surface area contributed by atoms with Crippen molar-refractivity contribution in [1.82, 2.24) is 5.32 Å². The lowest BCUT2D eigenvalue weighted by molar-refractivity contribution is -0.199. The molecule has 1 unspecified atom stereocenters. The summed E-state index contributed by atoms with van der Waals surface area (Å²) in [5.41, 5.74) is -0.986. The van der Waals surface area contributed by atoms with Crippen molar-refractivity contribution in [2.24, 2.45) is 28.6 Å². The fraction of sp³-hybridized carbons (Fsp3) is 0.609. The molecular weight excluding hydrogens is 386 g/mol. The number of Topliss-reactive ketones (excluding diaryl/α,β-unsaturated/α-hetero) is 1. The van der Waals surface area contributed by atoms with E-state index >= 15 is 0 Å². The van der Waals surface area contributed by atoms with E-state index in [0.29, 0.717) is 25.7 Å². The summed E-state index contributed by atoms with van der Waals surface area (Å²) < 4.78 is 16.0. The second-order valence-corrected chi connectivity index (χ2v) is 8.96. The number of cyclic esters (lactones) is 1. The average Bonchev–Trinajstić information content (AvgIpc) is 3.27. The number of ketones is 1. The predicted molar refractivity (Wildman–Crippen MR) is 106 cm³/mol. The van der Waals surface area contributed by atoms with E-state index < -0.39 is 46.7 Å². The van der Waals surface area contributed by atoms with Crippen molar-refractivity contribution in [3.05, 3.63) is 24.2 Å². The van der Waals surface area contributed by atoms with Gasteiger partial charge in [0.05, 0.1) is 42.9 Å². The van der Waals surface area contributed by atoms with Crippen molar-refractivity contribution in [3.63, 3.8) is 0 Å². The SMILES string of the molecule is C#C[C@@]12CC[C@H]3C(=O)O[C@H](c4ccoc4)C[C@]3(C)C1C(=O)[C@H](NC)C[C@H]2C(=O)OC. The first-order valence-electron chi connectivity index (χ1n) is 10.3. The Morgan fingerprint density at radius 1 is 1.40 bits per heavy atom. The molecule has 160 valence electrons. The van der Waals surface area contributed by atoms with Crippen molar-refractivity contribution in [1.29, 1.82) is 0 Å². The fourth-order valence-electron chi connectivity index (χ4n) is 6.28. The molecule has 1 N–H and O–H groups in total. The first-order chi connectivity index (χ1) is 14.3. The van der Waals surface area contributed by atoms with Crippen LogP contribution in [0, 0.1) is 40.9 Å². The number of rotatable bonds is 3. The molecule has 7 heteroatoms. The molecule has 0 bridgehead atoms. The van der Waals surface area contributed by atoms with Gasteiger partial charge in [0.25, 0.3) is 0 Å². The maximum atomic E-state index is 13.7. The van der Waals surface area contributed by atoms with E-state index in [9.17, 15) is 14.4 Å². The highest BCUT2D eigenvalue weighted by Gasteiger charge is 2.68. The normalized spacial score (nSPS) is 40.5. The number of carbonyl (C=O) groups is 3. The van der Waals surface area contributed by atoms with E-state index in [2.05, 4.69) is 11.2 Å². The third-order valence-corrected chi connectivity index (χ3v) is 7.72. The number of fused-ring (bicyclic) bond motifs is 3. The molecule has 30 heavy (non-hydrogen) atoms. The number of hydrogen-bond donors (Lipinski definition) is 1. The number of terminal acetylenes is 1. The Hall–Kier alpha value is -2.59. The van der Waals surface area contributed by atoms with E-state index in [1.807, 2.05) is 6.92 Å². The average molecular weight is 413 g/mol. The van der Waals surface area contributed by atoms with Crippen LogP contribution in [-0.4, -0.2) is 37.9 Å². The van der Waals surface area contributed by atoms with Gasteiger partial charge in [0.15, 0.2) is 5.78 Å². The zero-order valence-electron chi connectivity index (χ0n) is 17.5. The third-order valence-electron chi connectivity index (χ3n) is 7.72. The lowest BCUT2D eigenvalue weighted by Crippen LogP contribution is -2.66. The molecule has 0 spiro atoms. The monoisotopic (exact) mass is 413 g/mol. The summed E-state index contributed by atoms with van der Waals surface area (Å²) in [7, 11) is 3.04. The lowest BCUT2D eigenvalue weighted by Gasteiger charge is -2.60. The number of esters is 2. The quantitative estimate of drug-likeness (QED) is 0.600. The van der Waals surface area contributed by atoms with Gasteiger partial charge in [-0.05, 0) is 44.2 Å². The predicted octanol–water partition coefficient (Wildman–Crippen LogP) is 2.27. The molecule has 4 rings (SSSR count). The maximum absolute atomic E-state index is 13.7. The van der Waals surface area contributed by atoms with Gasteiger partial charge < -0.3 is 19.2 Å². The van der Waals surface area contributed by atoms with Crippen LogP contribution in [0.15, 0.2) is 23.0 Å². The Bertz CT molecular complexity index is 901. The standard InChI is InChI=1S/C23H27NO6/c1-5-23-8-6-14-21(27)30-17(13-7-9-29-12-13)11-22(14,2)19(23)18(25)16(24-3)10-15(23)20(26)28-4/h1,7,9,12,14-17,19,24H,6,8,10-11H2,2-4H3/t14-,15-,16+,17-,19?,22-,23-/m0/s1. The van der Waals surface area contributed by atoms with E-state index in [-0.39, 0.29) is 11.8 Å². The summed E-state index contributed by atoms with van der Waals surface area (Å²) in [4.78, 5) is 39.5. The number of likely N-dealkylation sites (N-methyl/N-ethyl adjacent to an activating group) is 1. The van der Waals surface area contributed by atoms with E-state index in [1.54, 1.807) is 19.4 Å². The Morgan fingerprint density at radius 3 is 2.77 bits per heavy atom. The van der Waals surface area contributed by atoms with Gasteiger partial charge in [-0.3, -0.25) is 14.4 Å². The first kappa shape index (κ1) is 20.7. The van der Waals surface area contributed by atoms with E-state index in [0.717, 1.165) is 5.56 Å². The highest BCUT2D eigenvalue weighted by Crippen LogP contribution is 2.64. The molecule has 0 amide bonds. The van der Waals surface area contributed by atoms with Crippen LogP contribution in [0.2, 0.25) is 0 Å². The number of nitrogens with one attached hydrogen (secondary N) is 1. The van der Waals surface area contributed by atoms with Gasteiger partial charge in [-0.1, -0.05) is 12.8 Å². The van der Waals surface area contributed by atoms with Crippen LogP contribution in [0.4, 0.5) is 0 Å². The molecule has 1 aliphatic heterocycles. The largest absolute Gasteiger partial charge is 0.472 e. The number of methoxy groups -OCH3 is 1. The highest BCUT2D eigenvalue weighted by molar-refractivity contribution is 5.93. The summed E-state index contributed by atoms with van der Waals surface area (Å²) in [6.45, 7) is 1.95. The number of carbonyl (C=O) groups excluding carboxylic acids is 3. The summed E-state index contributed by atoms with van der Waals surface area (Å²) in [5.74, 6) is 0.365. The van der Waals surface area contributed by atoms with Gasteiger partial charge in [-0.15, -0.1) is 6.42 Å². The van der Waals surface area contributed by atoms with Crippen molar-refractivity contribution in [2.45, 2.75) is 44.8 Å². The maximum Gasteiger partial charge on any atom is 0.310 e. The van der Waals surface area contributed by atoms with Gasteiger partial charge in [0, 0.05) is 11.5 Å². The first-order valence-corrected chi connectivity index (χ1v) is 10.3. The smallest absolute Gasteiger partial charge is 0.310 e. The number of furan rings is 1. The summed E-state index contributed by atoms with van der Waals surface area (Å²) >= 11 is 0. The van der Waals surface area contributed by atoms with Gasteiger partial charge in [0.2, 0.25) is 0 Å². The molecule has 3 aliphatic rings. The fourth-order valence-corrected chi connectivity index (χ4v) is 6.28. The van der Waals surface area contributed by atoms with Crippen LogP contribution in [0.25, 0.3) is 0 Å². The van der Waals surface area contributed by atoms with Crippen LogP contribution in [-0.2, 0) is 23.9 Å². The second-order valence-electron chi connectivity index (χ2n) is 8.96. The van der Waals surface area contributed by atoms with Gasteiger partial charge in [-0.25, -0.2) is 0 Å². The Labute approximate surface area is 175 Å². The molecule has 1 aromatic heterocycles. The Kier molecular flexibility index (Phi) is 5.01. The van der Waals surface area contributed by atoms with Crippen LogP contribution < -0.4 is 5.32 Å². The highest BCUT2D eigenvalue weighted by atomic mass is 16.5. The Morgan fingerprint density at radius 2 is 2.17 bits per heavy atom.